The molecule has 0 bridgehead atoms. The predicted octanol–water partition coefficient (Wildman–Crippen LogP) is 2.56. The van der Waals surface area contributed by atoms with Gasteiger partial charge in [-0.3, -0.25) is 4.79 Å². The number of nitrogen functional groups attached to an aromatic ring is 1. The summed E-state index contributed by atoms with van der Waals surface area (Å²) in [4.78, 5) is 42.3. The quantitative estimate of drug-likeness (QED) is 0.351. The van der Waals surface area contributed by atoms with Crippen LogP contribution in [-0.4, -0.2) is 70.7 Å². The number of aryl methyl sites for hydroxylation is 1. The molecule has 4 heterocycles. The average Bonchev–Trinajstić information content (AvgIpc) is 3.33. The number of carbonyl (C=O) groups excluding carboxylic acids is 1. The van der Waals surface area contributed by atoms with Gasteiger partial charge < -0.3 is 15.5 Å². The maximum atomic E-state index is 15.7. The molecule has 1 amide bonds. The largest absolute Gasteiger partial charge is 0.389 e. The van der Waals surface area contributed by atoms with E-state index in [-0.39, 0.29) is 55.8 Å². The number of piperazine rings is 1. The van der Waals surface area contributed by atoms with Crippen molar-refractivity contribution < 1.29 is 17.6 Å². The third-order valence-electron chi connectivity index (χ3n) is 6.83. The second-order valence-electron chi connectivity index (χ2n) is 9.53. The van der Waals surface area contributed by atoms with Crippen molar-refractivity contribution in [3.63, 3.8) is 0 Å². The van der Waals surface area contributed by atoms with E-state index in [0.29, 0.717) is 25.2 Å². The molecule has 14 heteroatoms. The third kappa shape index (κ3) is 4.62. The van der Waals surface area contributed by atoms with Gasteiger partial charge in [0.25, 0.3) is 0 Å². The van der Waals surface area contributed by atoms with Crippen LogP contribution in [0, 0.1) is 12.7 Å². The van der Waals surface area contributed by atoms with E-state index < -0.39 is 21.3 Å². The molecule has 1 fully saturated rings. The number of para-hydroxylation sites is 1. The van der Waals surface area contributed by atoms with Crippen molar-refractivity contribution in [3.8, 4) is 17.1 Å². The van der Waals surface area contributed by atoms with E-state index in [2.05, 4.69) is 21.5 Å². The maximum Gasteiger partial charge on any atom is 0.355 e. The van der Waals surface area contributed by atoms with Crippen LogP contribution in [-0.2, 0) is 14.6 Å². The molecule has 1 saturated heterocycles. The average molecular weight is 584 g/mol. The fraction of sp³-hybridized carbons (Fsp3) is 0.269. The van der Waals surface area contributed by atoms with Crippen molar-refractivity contribution >= 4 is 48.9 Å². The van der Waals surface area contributed by atoms with E-state index in [4.69, 9.17) is 5.73 Å². The predicted molar refractivity (Wildman–Crippen MR) is 152 cm³/mol. The van der Waals surface area contributed by atoms with Gasteiger partial charge in [-0.15, -0.1) is 11.3 Å². The smallest absolute Gasteiger partial charge is 0.355 e. The topological polar surface area (TPSA) is 144 Å². The van der Waals surface area contributed by atoms with E-state index in [1.54, 1.807) is 24.0 Å². The lowest BCUT2D eigenvalue weighted by atomic mass is 10.1. The summed E-state index contributed by atoms with van der Waals surface area (Å²) in [6.07, 6.45) is 2.28. The van der Waals surface area contributed by atoms with Crippen LogP contribution in [0.2, 0.25) is 0 Å². The number of sulfone groups is 1. The number of pyridine rings is 1. The molecular weight excluding hydrogens is 557 g/mol. The van der Waals surface area contributed by atoms with Gasteiger partial charge in [0, 0.05) is 31.9 Å². The maximum absolute atomic E-state index is 15.7. The van der Waals surface area contributed by atoms with Gasteiger partial charge in [-0.2, -0.15) is 4.98 Å². The Morgan fingerprint density at radius 1 is 1.25 bits per heavy atom. The number of hydrogen-bond acceptors (Lipinski definition) is 10. The van der Waals surface area contributed by atoms with Gasteiger partial charge in [0.15, 0.2) is 21.3 Å². The minimum absolute atomic E-state index is 0.00482. The lowest BCUT2D eigenvalue weighted by Crippen LogP contribution is -2.54. The number of amides is 1. The van der Waals surface area contributed by atoms with Crippen molar-refractivity contribution in [1.29, 1.82) is 0 Å². The minimum Gasteiger partial charge on any atom is -0.389 e. The number of nitrogens with two attached hydrogens (primary N) is 1. The Hall–Kier alpha value is -4.17. The summed E-state index contributed by atoms with van der Waals surface area (Å²) in [5.41, 5.74) is 7.16. The Balaban J connectivity index is 1.83. The van der Waals surface area contributed by atoms with Crippen LogP contribution in [0.1, 0.15) is 12.5 Å². The number of nitrogens with zero attached hydrogens (tertiary/aromatic N) is 6. The highest BCUT2D eigenvalue weighted by atomic mass is 32.2. The number of hydrogen-bond donors (Lipinski definition) is 1. The molecule has 1 aliphatic rings. The van der Waals surface area contributed by atoms with Gasteiger partial charge in [0.05, 0.1) is 21.5 Å². The molecule has 4 aromatic rings. The number of carbonyl (C=O) groups is 1. The second-order valence-corrected chi connectivity index (χ2v) is 12.4. The van der Waals surface area contributed by atoms with Gasteiger partial charge in [-0.25, -0.2) is 32.1 Å². The lowest BCUT2D eigenvalue weighted by Gasteiger charge is -2.40. The molecule has 208 valence electrons. The standard InChI is InChI=1S/C26H26FN7O4S2/c1-5-19(35)32-9-10-33(15(3)12-32)24-16-11-17(27)20(21-23(28)39-13-29-21)30-25(16)34(26(36)31-24)22-14(2)7-6-8-18(22)40(4,37)38/h5-8,11,13,15H,1,9-10,12,28H2,2-4H3/t15-/m0/s1. The number of fused-ring (bicyclic) bond motifs is 1. The number of benzene rings is 1. The molecule has 0 aliphatic carbocycles. The van der Waals surface area contributed by atoms with E-state index in [1.807, 2.05) is 11.8 Å². The molecule has 1 aliphatic heterocycles. The molecule has 1 atom stereocenters. The van der Waals surface area contributed by atoms with Crippen LogP contribution in [0.3, 0.4) is 0 Å². The second kappa shape index (κ2) is 10.1. The first-order chi connectivity index (χ1) is 18.9. The summed E-state index contributed by atoms with van der Waals surface area (Å²) < 4.78 is 42.3. The van der Waals surface area contributed by atoms with Crippen LogP contribution in [0.4, 0.5) is 15.2 Å². The van der Waals surface area contributed by atoms with Crippen LogP contribution < -0.4 is 16.3 Å². The van der Waals surface area contributed by atoms with E-state index in [0.717, 1.165) is 22.2 Å². The normalized spacial score (nSPS) is 15.9. The van der Waals surface area contributed by atoms with Crippen LogP contribution in [0.5, 0.6) is 0 Å². The number of aromatic nitrogens is 4. The molecule has 3 aromatic heterocycles. The van der Waals surface area contributed by atoms with Crippen molar-refractivity contribution in [2.75, 3.05) is 36.5 Å². The fourth-order valence-electron chi connectivity index (χ4n) is 4.94. The summed E-state index contributed by atoms with van der Waals surface area (Å²) in [6, 6.07) is 5.55. The molecule has 2 N–H and O–H groups in total. The summed E-state index contributed by atoms with van der Waals surface area (Å²) in [6.45, 7) is 8.04. The van der Waals surface area contributed by atoms with E-state index in [1.165, 1.54) is 23.7 Å². The Kier molecular flexibility index (Phi) is 6.92. The summed E-state index contributed by atoms with van der Waals surface area (Å²) in [5.74, 6) is -0.779. The first-order valence-corrected chi connectivity index (χ1v) is 15.0. The molecule has 5 rings (SSSR count). The lowest BCUT2D eigenvalue weighted by molar-refractivity contribution is -0.126. The van der Waals surface area contributed by atoms with Crippen molar-refractivity contribution in [2.45, 2.75) is 24.8 Å². The summed E-state index contributed by atoms with van der Waals surface area (Å²) >= 11 is 1.11. The highest BCUT2D eigenvalue weighted by molar-refractivity contribution is 7.90. The van der Waals surface area contributed by atoms with Crippen molar-refractivity contribution in [2.24, 2.45) is 0 Å². The monoisotopic (exact) mass is 583 g/mol. The third-order valence-corrected chi connectivity index (χ3v) is 8.62. The van der Waals surface area contributed by atoms with Gasteiger partial charge in [0.2, 0.25) is 5.91 Å². The van der Waals surface area contributed by atoms with Crippen molar-refractivity contribution in [3.05, 3.63) is 64.3 Å². The van der Waals surface area contributed by atoms with Crippen LogP contribution in [0.25, 0.3) is 28.1 Å². The van der Waals surface area contributed by atoms with Crippen LogP contribution in [0.15, 0.2) is 52.1 Å². The summed E-state index contributed by atoms with van der Waals surface area (Å²) in [5, 5.41) is 0.422. The first kappa shape index (κ1) is 27.4. The number of anilines is 2. The van der Waals surface area contributed by atoms with Gasteiger partial charge >= 0.3 is 5.69 Å². The molecule has 0 spiro atoms. The zero-order valence-corrected chi connectivity index (χ0v) is 23.6. The van der Waals surface area contributed by atoms with Gasteiger partial charge in [0.1, 0.15) is 22.2 Å². The Morgan fingerprint density at radius 3 is 2.62 bits per heavy atom. The SMILES string of the molecule is C=CC(=O)N1CCN(c2nc(=O)n(-c3c(C)cccc3S(C)(=O)=O)c3nc(-c4ncsc4N)c(F)cc23)[C@@H](C)C1. The molecule has 11 nitrogen and oxygen atoms in total. The zero-order chi connectivity index (χ0) is 28.9. The first-order valence-electron chi connectivity index (χ1n) is 12.2. The molecule has 1 aromatic carbocycles. The number of halogens is 1. The number of rotatable bonds is 5. The van der Waals surface area contributed by atoms with E-state index in [9.17, 15) is 18.0 Å². The molecule has 0 saturated carbocycles. The Morgan fingerprint density at radius 2 is 2.00 bits per heavy atom. The molecule has 40 heavy (non-hydrogen) atoms. The fourth-order valence-corrected chi connectivity index (χ4v) is 6.41. The summed E-state index contributed by atoms with van der Waals surface area (Å²) in [7, 11) is -3.79. The number of thiazole rings is 1. The van der Waals surface area contributed by atoms with Crippen LogP contribution >= 0.6 is 11.3 Å². The molecular formula is C26H26FN7O4S2. The van der Waals surface area contributed by atoms with Gasteiger partial charge in [-0.1, -0.05) is 18.7 Å². The molecule has 0 radical (unpaired) electrons. The van der Waals surface area contributed by atoms with Crippen molar-refractivity contribution in [1.82, 2.24) is 24.4 Å². The highest BCUT2D eigenvalue weighted by Gasteiger charge is 2.31. The zero-order valence-electron chi connectivity index (χ0n) is 22.0. The Labute approximate surface area is 233 Å². The molecule has 0 unspecified atom stereocenters. The van der Waals surface area contributed by atoms with Gasteiger partial charge in [-0.05, 0) is 37.6 Å². The highest BCUT2D eigenvalue weighted by Crippen LogP contribution is 2.35. The Bertz CT molecular complexity index is 1850. The van der Waals surface area contributed by atoms with E-state index >= 15 is 4.39 Å². The minimum atomic E-state index is -3.79.